The molecule has 0 unspecified atom stereocenters. The highest BCUT2D eigenvalue weighted by Crippen LogP contribution is 2.25. The molecule has 5 heteroatoms. The van der Waals surface area contributed by atoms with Crippen LogP contribution in [-0.2, 0) is 0 Å². The van der Waals surface area contributed by atoms with Gasteiger partial charge in [0.1, 0.15) is 0 Å². The maximum atomic E-state index is 11.3. The number of rotatable bonds is 3. The number of amides is 1. The lowest BCUT2D eigenvalue weighted by molar-refractivity contribution is 0.100. The fraction of sp³-hybridized carbons (Fsp3) is 0.462. The minimum absolute atomic E-state index is 0.195. The van der Waals surface area contributed by atoms with Crippen molar-refractivity contribution >= 4 is 17.3 Å². The highest BCUT2D eigenvalue weighted by molar-refractivity contribution is 5.99. The molecule has 1 aliphatic rings. The van der Waals surface area contributed by atoms with Gasteiger partial charge in [-0.1, -0.05) is 0 Å². The molecule has 0 radical (unpaired) electrons. The van der Waals surface area contributed by atoms with Gasteiger partial charge in [-0.15, -0.1) is 0 Å². The smallest absolute Gasteiger partial charge is 0.250 e. The van der Waals surface area contributed by atoms with Crippen molar-refractivity contribution in [1.29, 1.82) is 0 Å². The summed E-state index contributed by atoms with van der Waals surface area (Å²) in [5.41, 5.74) is 12.8. The normalized spacial score (nSPS) is 23.6. The third kappa shape index (κ3) is 2.92. The first-order valence-corrected chi connectivity index (χ1v) is 6.20. The number of nitrogen functional groups attached to an aromatic ring is 1. The number of primary amides is 1. The molecule has 98 valence electrons. The molecule has 0 saturated heterocycles. The molecule has 18 heavy (non-hydrogen) atoms. The van der Waals surface area contributed by atoms with Crippen molar-refractivity contribution < 1.29 is 9.90 Å². The Labute approximate surface area is 106 Å². The Hall–Kier alpha value is -1.75. The van der Waals surface area contributed by atoms with Gasteiger partial charge in [0.2, 0.25) is 0 Å². The van der Waals surface area contributed by atoms with Gasteiger partial charge in [0.05, 0.1) is 11.7 Å². The zero-order valence-electron chi connectivity index (χ0n) is 10.2. The minimum atomic E-state index is -0.464. The van der Waals surface area contributed by atoms with Crippen molar-refractivity contribution in [2.45, 2.75) is 37.8 Å². The molecule has 2 rings (SSSR count). The molecular formula is C13H19N3O2. The van der Waals surface area contributed by atoms with E-state index in [2.05, 4.69) is 5.32 Å². The van der Waals surface area contributed by atoms with Crippen LogP contribution in [0.15, 0.2) is 18.2 Å². The van der Waals surface area contributed by atoms with E-state index in [1.165, 1.54) is 0 Å². The number of aliphatic hydroxyl groups excluding tert-OH is 1. The lowest BCUT2D eigenvalue weighted by Gasteiger charge is -2.27. The molecule has 5 nitrogen and oxygen atoms in total. The molecule has 0 heterocycles. The van der Waals surface area contributed by atoms with Crippen LogP contribution in [0.4, 0.5) is 11.4 Å². The molecule has 6 N–H and O–H groups in total. The van der Waals surface area contributed by atoms with E-state index in [0.717, 1.165) is 25.7 Å². The highest BCUT2D eigenvalue weighted by Gasteiger charge is 2.20. The van der Waals surface area contributed by atoms with Gasteiger partial charge in [0.25, 0.3) is 5.91 Å². The van der Waals surface area contributed by atoms with Gasteiger partial charge >= 0.3 is 0 Å². The lowest BCUT2D eigenvalue weighted by Crippen LogP contribution is -2.29. The Morgan fingerprint density at radius 3 is 2.56 bits per heavy atom. The highest BCUT2D eigenvalue weighted by atomic mass is 16.3. The average Bonchev–Trinajstić information content (AvgIpc) is 2.32. The number of benzene rings is 1. The Kier molecular flexibility index (Phi) is 3.72. The minimum Gasteiger partial charge on any atom is -0.399 e. The van der Waals surface area contributed by atoms with Crippen LogP contribution in [0.3, 0.4) is 0 Å². The Balaban J connectivity index is 2.12. The van der Waals surface area contributed by atoms with E-state index >= 15 is 0 Å². The Morgan fingerprint density at radius 2 is 1.94 bits per heavy atom. The molecular weight excluding hydrogens is 230 g/mol. The average molecular weight is 249 g/mol. The number of carbonyl (C=O) groups is 1. The van der Waals surface area contributed by atoms with E-state index in [1.54, 1.807) is 18.2 Å². The second-order valence-electron chi connectivity index (χ2n) is 4.82. The van der Waals surface area contributed by atoms with E-state index in [1.807, 2.05) is 0 Å². The summed E-state index contributed by atoms with van der Waals surface area (Å²) in [4.78, 5) is 11.3. The zero-order chi connectivity index (χ0) is 13.1. The topological polar surface area (TPSA) is 101 Å². The first-order chi connectivity index (χ1) is 8.56. The van der Waals surface area contributed by atoms with Gasteiger partial charge in [-0.05, 0) is 43.9 Å². The van der Waals surface area contributed by atoms with Crippen LogP contribution in [0, 0.1) is 0 Å². The molecule has 0 aromatic heterocycles. The molecule has 1 aromatic carbocycles. The van der Waals surface area contributed by atoms with Gasteiger partial charge in [-0.2, -0.15) is 0 Å². The predicted molar refractivity (Wildman–Crippen MR) is 71.3 cm³/mol. The molecule has 0 bridgehead atoms. The summed E-state index contributed by atoms with van der Waals surface area (Å²) in [6.45, 7) is 0. The molecule has 1 amide bonds. The van der Waals surface area contributed by atoms with Crippen molar-refractivity contribution in [2.75, 3.05) is 11.1 Å². The van der Waals surface area contributed by atoms with Crippen LogP contribution in [-0.4, -0.2) is 23.2 Å². The monoisotopic (exact) mass is 249 g/mol. The molecule has 1 saturated carbocycles. The van der Waals surface area contributed by atoms with Crippen LogP contribution in [0.25, 0.3) is 0 Å². The summed E-state index contributed by atoms with van der Waals surface area (Å²) >= 11 is 0. The molecule has 0 spiro atoms. The van der Waals surface area contributed by atoms with E-state index in [9.17, 15) is 9.90 Å². The van der Waals surface area contributed by atoms with Gasteiger partial charge in [-0.3, -0.25) is 4.79 Å². The van der Waals surface area contributed by atoms with Crippen molar-refractivity contribution in [2.24, 2.45) is 5.73 Å². The number of nitrogens with two attached hydrogens (primary N) is 2. The van der Waals surface area contributed by atoms with Crippen LogP contribution in [0.1, 0.15) is 36.0 Å². The summed E-state index contributed by atoms with van der Waals surface area (Å²) in [5, 5.41) is 12.8. The second kappa shape index (κ2) is 5.27. The molecule has 0 atom stereocenters. The van der Waals surface area contributed by atoms with Crippen LogP contribution < -0.4 is 16.8 Å². The second-order valence-corrected chi connectivity index (χ2v) is 4.82. The summed E-state index contributed by atoms with van der Waals surface area (Å²) in [5.74, 6) is -0.464. The molecule has 1 aromatic rings. The number of carbonyl (C=O) groups excluding carboxylic acids is 1. The number of nitrogens with one attached hydrogen (secondary N) is 1. The Morgan fingerprint density at radius 1 is 1.28 bits per heavy atom. The maximum absolute atomic E-state index is 11.3. The van der Waals surface area contributed by atoms with Gasteiger partial charge in [-0.25, -0.2) is 0 Å². The van der Waals surface area contributed by atoms with Gasteiger partial charge in [0.15, 0.2) is 0 Å². The van der Waals surface area contributed by atoms with Crippen LogP contribution in [0.2, 0.25) is 0 Å². The third-order valence-electron chi connectivity index (χ3n) is 3.37. The maximum Gasteiger partial charge on any atom is 0.250 e. The first kappa shape index (κ1) is 12.7. The number of anilines is 2. The van der Waals surface area contributed by atoms with Crippen LogP contribution >= 0.6 is 0 Å². The summed E-state index contributed by atoms with van der Waals surface area (Å²) in [6.07, 6.45) is 3.14. The third-order valence-corrected chi connectivity index (χ3v) is 3.37. The van der Waals surface area contributed by atoms with Crippen molar-refractivity contribution in [3.63, 3.8) is 0 Å². The largest absolute Gasteiger partial charge is 0.399 e. The zero-order valence-corrected chi connectivity index (χ0v) is 10.2. The molecule has 1 fully saturated rings. The summed E-state index contributed by atoms with van der Waals surface area (Å²) in [6, 6.07) is 5.28. The quantitative estimate of drug-likeness (QED) is 0.602. The fourth-order valence-corrected chi connectivity index (χ4v) is 2.34. The standard InChI is InChI=1S/C13H19N3O2/c14-8-1-6-11(13(15)18)12(7-8)16-9-2-4-10(17)5-3-9/h1,6-7,9-10,16-17H,2-5,14H2,(H2,15,18). The number of hydrogen-bond acceptors (Lipinski definition) is 4. The molecule has 0 aliphatic heterocycles. The van der Waals surface area contributed by atoms with Gasteiger partial charge < -0.3 is 21.9 Å². The van der Waals surface area contributed by atoms with Crippen molar-refractivity contribution in [3.8, 4) is 0 Å². The Bertz CT molecular complexity index is 440. The van der Waals surface area contributed by atoms with Crippen molar-refractivity contribution in [1.82, 2.24) is 0 Å². The summed E-state index contributed by atoms with van der Waals surface area (Å²) < 4.78 is 0. The van der Waals surface area contributed by atoms with E-state index in [0.29, 0.717) is 16.9 Å². The number of hydrogen-bond donors (Lipinski definition) is 4. The number of aliphatic hydroxyl groups is 1. The van der Waals surface area contributed by atoms with Gasteiger partial charge in [0, 0.05) is 17.4 Å². The lowest BCUT2D eigenvalue weighted by atomic mass is 9.92. The SMILES string of the molecule is NC(=O)c1ccc(N)cc1NC1CCC(O)CC1. The first-order valence-electron chi connectivity index (χ1n) is 6.20. The summed E-state index contributed by atoms with van der Waals surface area (Å²) in [7, 11) is 0. The van der Waals surface area contributed by atoms with E-state index in [4.69, 9.17) is 11.5 Å². The van der Waals surface area contributed by atoms with E-state index < -0.39 is 5.91 Å². The van der Waals surface area contributed by atoms with Crippen LogP contribution in [0.5, 0.6) is 0 Å². The fourth-order valence-electron chi connectivity index (χ4n) is 2.34. The van der Waals surface area contributed by atoms with Crippen molar-refractivity contribution in [3.05, 3.63) is 23.8 Å². The predicted octanol–water partition coefficient (Wildman–Crippen LogP) is 1.08. The molecule has 1 aliphatic carbocycles. The van der Waals surface area contributed by atoms with E-state index in [-0.39, 0.29) is 12.1 Å².